The van der Waals surface area contributed by atoms with Crippen LogP contribution in [0.15, 0.2) is 27.2 Å². The van der Waals surface area contributed by atoms with Crippen molar-refractivity contribution in [3.8, 4) is 11.5 Å². The van der Waals surface area contributed by atoms with Crippen LogP contribution in [0.25, 0.3) is 11.5 Å². The van der Waals surface area contributed by atoms with E-state index in [4.69, 9.17) is 15.0 Å². The number of hydrogen-bond acceptors (Lipinski definition) is 5. The third-order valence-corrected chi connectivity index (χ3v) is 3.58. The van der Waals surface area contributed by atoms with Gasteiger partial charge in [-0.2, -0.15) is 4.98 Å². The Bertz CT molecular complexity index is 565. The summed E-state index contributed by atoms with van der Waals surface area (Å²) in [4.78, 5) is 4.42. The van der Waals surface area contributed by atoms with E-state index >= 15 is 0 Å². The number of ether oxygens (including phenoxy) is 1. The van der Waals surface area contributed by atoms with Gasteiger partial charge >= 0.3 is 0 Å². The first-order valence-corrected chi connectivity index (χ1v) is 7.45. The number of rotatable bonds is 6. The van der Waals surface area contributed by atoms with Gasteiger partial charge < -0.3 is 15.0 Å². The van der Waals surface area contributed by atoms with E-state index in [2.05, 4.69) is 33.0 Å². The van der Waals surface area contributed by atoms with Gasteiger partial charge in [0.15, 0.2) is 0 Å². The van der Waals surface area contributed by atoms with Gasteiger partial charge in [0.2, 0.25) is 5.82 Å². The standard InChI is InChI=1S/C14H18BrN3O2/c1-3-5-12(19-4-2)13-17-14(20-18-13)9-6-7-11(16)10(15)8-9/h6-8,12H,3-5,16H2,1-2H3. The first-order chi connectivity index (χ1) is 9.65. The average molecular weight is 340 g/mol. The van der Waals surface area contributed by atoms with Crippen molar-refractivity contribution in [1.82, 2.24) is 10.1 Å². The maximum Gasteiger partial charge on any atom is 0.258 e. The predicted octanol–water partition coefficient (Wildman–Crippen LogP) is 3.96. The zero-order valence-corrected chi connectivity index (χ0v) is 13.2. The van der Waals surface area contributed by atoms with Crippen molar-refractivity contribution in [2.24, 2.45) is 0 Å². The van der Waals surface area contributed by atoms with Crippen molar-refractivity contribution in [2.75, 3.05) is 12.3 Å². The summed E-state index contributed by atoms with van der Waals surface area (Å²) in [6.45, 7) is 4.69. The molecule has 5 nitrogen and oxygen atoms in total. The van der Waals surface area contributed by atoms with E-state index in [1.54, 1.807) is 6.07 Å². The van der Waals surface area contributed by atoms with Crippen LogP contribution >= 0.6 is 15.9 Å². The molecule has 1 unspecified atom stereocenters. The van der Waals surface area contributed by atoms with Crippen molar-refractivity contribution in [1.29, 1.82) is 0 Å². The Hall–Kier alpha value is -1.40. The lowest BCUT2D eigenvalue weighted by Crippen LogP contribution is -2.05. The Morgan fingerprint density at radius 3 is 2.85 bits per heavy atom. The minimum atomic E-state index is -0.111. The number of hydrogen-bond donors (Lipinski definition) is 1. The molecule has 2 aromatic rings. The second-order valence-corrected chi connectivity index (χ2v) is 5.28. The van der Waals surface area contributed by atoms with Crippen molar-refractivity contribution in [2.45, 2.75) is 32.8 Å². The van der Waals surface area contributed by atoms with Gasteiger partial charge in [0.25, 0.3) is 5.89 Å². The van der Waals surface area contributed by atoms with E-state index in [0.29, 0.717) is 24.0 Å². The van der Waals surface area contributed by atoms with E-state index in [0.717, 1.165) is 22.9 Å². The monoisotopic (exact) mass is 339 g/mol. The molecular formula is C14H18BrN3O2. The number of benzene rings is 1. The molecule has 0 aliphatic heterocycles. The minimum absolute atomic E-state index is 0.111. The predicted molar refractivity (Wildman–Crippen MR) is 81.1 cm³/mol. The second kappa shape index (κ2) is 6.85. The lowest BCUT2D eigenvalue weighted by Gasteiger charge is -2.11. The van der Waals surface area contributed by atoms with E-state index in [9.17, 15) is 0 Å². The van der Waals surface area contributed by atoms with E-state index in [1.165, 1.54) is 0 Å². The van der Waals surface area contributed by atoms with Crippen LogP contribution in [0.5, 0.6) is 0 Å². The highest BCUT2D eigenvalue weighted by Gasteiger charge is 2.18. The summed E-state index contributed by atoms with van der Waals surface area (Å²) in [5, 5.41) is 4.02. The molecule has 0 amide bonds. The molecule has 0 saturated carbocycles. The van der Waals surface area contributed by atoms with Crippen LogP contribution in [0, 0.1) is 0 Å². The summed E-state index contributed by atoms with van der Waals surface area (Å²) in [5.41, 5.74) is 7.27. The van der Waals surface area contributed by atoms with Gasteiger partial charge in [-0.15, -0.1) is 0 Å². The lowest BCUT2D eigenvalue weighted by atomic mass is 10.2. The average Bonchev–Trinajstić information content (AvgIpc) is 2.91. The number of aromatic nitrogens is 2. The minimum Gasteiger partial charge on any atom is -0.398 e. The third kappa shape index (κ3) is 3.37. The summed E-state index contributed by atoms with van der Waals surface area (Å²) in [5.74, 6) is 1.07. The van der Waals surface area contributed by atoms with Crippen LogP contribution in [0.4, 0.5) is 5.69 Å². The molecule has 1 atom stereocenters. The first kappa shape index (κ1) is 15.0. The number of halogens is 1. The van der Waals surface area contributed by atoms with E-state index < -0.39 is 0 Å². The molecule has 0 radical (unpaired) electrons. The first-order valence-electron chi connectivity index (χ1n) is 6.66. The topological polar surface area (TPSA) is 74.2 Å². The molecule has 0 bridgehead atoms. The van der Waals surface area contributed by atoms with Crippen molar-refractivity contribution in [3.63, 3.8) is 0 Å². The van der Waals surface area contributed by atoms with Crippen LogP contribution in [0.3, 0.4) is 0 Å². The Morgan fingerprint density at radius 1 is 1.40 bits per heavy atom. The van der Waals surface area contributed by atoms with Gasteiger partial charge in [-0.1, -0.05) is 18.5 Å². The summed E-state index contributed by atoms with van der Waals surface area (Å²) in [7, 11) is 0. The van der Waals surface area contributed by atoms with Crippen molar-refractivity contribution < 1.29 is 9.26 Å². The quantitative estimate of drug-likeness (QED) is 0.806. The maximum absolute atomic E-state index is 5.77. The van der Waals surface area contributed by atoms with E-state index in [1.807, 2.05) is 19.1 Å². The normalized spacial score (nSPS) is 12.6. The molecule has 1 aromatic carbocycles. The lowest BCUT2D eigenvalue weighted by molar-refractivity contribution is 0.0478. The van der Waals surface area contributed by atoms with Crippen LogP contribution in [-0.2, 0) is 4.74 Å². The number of nitrogens with zero attached hydrogens (tertiary/aromatic N) is 2. The molecule has 0 fully saturated rings. The molecule has 0 spiro atoms. The SMILES string of the molecule is CCCC(OCC)c1noc(-c2ccc(N)c(Br)c2)n1. The molecule has 2 rings (SSSR count). The molecule has 2 N–H and O–H groups in total. The van der Waals surface area contributed by atoms with Crippen molar-refractivity contribution >= 4 is 21.6 Å². The maximum atomic E-state index is 5.77. The van der Waals surface area contributed by atoms with Gasteiger partial charge in [-0.3, -0.25) is 0 Å². The summed E-state index contributed by atoms with van der Waals surface area (Å²) in [6.07, 6.45) is 1.76. The van der Waals surface area contributed by atoms with Gasteiger partial charge in [-0.25, -0.2) is 0 Å². The van der Waals surface area contributed by atoms with Crippen molar-refractivity contribution in [3.05, 3.63) is 28.5 Å². The highest BCUT2D eigenvalue weighted by Crippen LogP contribution is 2.28. The van der Waals surface area contributed by atoms with Crippen LogP contribution in [-0.4, -0.2) is 16.7 Å². The highest BCUT2D eigenvalue weighted by molar-refractivity contribution is 9.10. The summed E-state index contributed by atoms with van der Waals surface area (Å²) < 4.78 is 11.8. The Labute approximate surface area is 126 Å². The van der Waals surface area contributed by atoms with E-state index in [-0.39, 0.29) is 6.10 Å². The number of nitrogen functional groups attached to an aromatic ring is 1. The zero-order valence-electron chi connectivity index (χ0n) is 11.6. The molecule has 6 heteroatoms. The third-order valence-electron chi connectivity index (χ3n) is 2.90. The van der Waals surface area contributed by atoms with Crippen LogP contribution < -0.4 is 5.73 Å². The van der Waals surface area contributed by atoms with Crippen LogP contribution in [0.2, 0.25) is 0 Å². The fraction of sp³-hybridized carbons (Fsp3) is 0.429. The smallest absolute Gasteiger partial charge is 0.258 e. The van der Waals surface area contributed by atoms with Crippen LogP contribution in [0.1, 0.15) is 38.6 Å². The molecule has 108 valence electrons. The largest absolute Gasteiger partial charge is 0.398 e. The van der Waals surface area contributed by atoms with Gasteiger partial charge in [-0.05, 0) is 47.5 Å². The number of nitrogens with two attached hydrogens (primary N) is 1. The Morgan fingerprint density at radius 2 is 2.20 bits per heavy atom. The van der Waals surface area contributed by atoms with Gasteiger partial charge in [0.1, 0.15) is 6.10 Å². The fourth-order valence-electron chi connectivity index (χ4n) is 1.89. The molecule has 0 aliphatic carbocycles. The Kier molecular flexibility index (Phi) is 5.14. The molecule has 0 aliphatic rings. The molecule has 0 saturated heterocycles. The Balaban J connectivity index is 2.24. The molecule has 1 aromatic heterocycles. The molecule has 20 heavy (non-hydrogen) atoms. The zero-order chi connectivity index (χ0) is 14.5. The fourth-order valence-corrected chi connectivity index (χ4v) is 2.27. The second-order valence-electron chi connectivity index (χ2n) is 4.43. The summed E-state index contributed by atoms with van der Waals surface area (Å²) in [6, 6.07) is 5.52. The number of anilines is 1. The molecule has 1 heterocycles. The van der Waals surface area contributed by atoms with Gasteiger partial charge in [0, 0.05) is 22.3 Å². The van der Waals surface area contributed by atoms with Gasteiger partial charge in [0.05, 0.1) is 0 Å². The molecular weight excluding hydrogens is 322 g/mol. The summed E-state index contributed by atoms with van der Waals surface area (Å²) >= 11 is 3.39. The highest BCUT2D eigenvalue weighted by atomic mass is 79.9.